The van der Waals surface area contributed by atoms with Crippen LogP contribution in [0.4, 0.5) is 0 Å². The molecule has 1 aromatic heterocycles. The van der Waals surface area contributed by atoms with Gasteiger partial charge in [-0.2, -0.15) is 0 Å². The number of amides is 1. The zero-order valence-corrected chi connectivity index (χ0v) is 17.0. The molecule has 2 unspecified atom stereocenters. The molecule has 2 aliphatic rings. The number of thioether (sulfide) groups is 1. The Morgan fingerprint density at radius 2 is 2.00 bits per heavy atom. The summed E-state index contributed by atoms with van der Waals surface area (Å²) < 4.78 is 2.10. The third-order valence-corrected chi connectivity index (χ3v) is 6.68. The van der Waals surface area contributed by atoms with Crippen molar-refractivity contribution in [3.8, 4) is 0 Å². The number of thiocarbonyl (C=S) groups is 1. The lowest BCUT2D eigenvalue weighted by Crippen LogP contribution is -2.58. The maximum Gasteiger partial charge on any atom is 0.239 e. The summed E-state index contributed by atoms with van der Waals surface area (Å²) in [6, 6.07) is 10.2. The Kier molecular flexibility index (Phi) is 5.06. The molecule has 4 rings (SSSR count). The molecule has 27 heavy (non-hydrogen) atoms. The number of fused-ring (bicyclic) bond motifs is 1. The second-order valence-corrected chi connectivity index (χ2v) is 8.62. The highest BCUT2D eigenvalue weighted by molar-refractivity contribution is 8.04. The van der Waals surface area contributed by atoms with Crippen LogP contribution in [-0.2, 0) is 11.3 Å². The van der Waals surface area contributed by atoms with E-state index >= 15 is 0 Å². The Morgan fingerprint density at radius 1 is 1.22 bits per heavy atom. The van der Waals surface area contributed by atoms with Crippen LogP contribution >= 0.6 is 24.0 Å². The van der Waals surface area contributed by atoms with Crippen LogP contribution in [0, 0.1) is 12.8 Å². The second-order valence-electron chi connectivity index (χ2n) is 6.87. The van der Waals surface area contributed by atoms with Gasteiger partial charge in [-0.25, -0.2) is 4.98 Å². The first kappa shape index (κ1) is 18.3. The SMILES string of the molecule is CC1=C(c2ccccc2)C2C(=O)N(CCCn3cncc3C)C(=S)NC2S1. The van der Waals surface area contributed by atoms with Gasteiger partial charge in [0.05, 0.1) is 17.6 Å². The van der Waals surface area contributed by atoms with Crippen molar-refractivity contribution in [3.05, 3.63) is 59.0 Å². The number of rotatable bonds is 5. The van der Waals surface area contributed by atoms with E-state index in [4.69, 9.17) is 12.2 Å². The number of carbonyl (C=O) groups is 1. The quantitative estimate of drug-likeness (QED) is 0.782. The summed E-state index contributed by atoms with van der Waals surface area (Å²) in [5, 5.41) is 3.92. The first-order chi connectivity index (χ1) is 13.1. The fourth-order valence-corrected chi connectivity index (χ4v) is 5.45. The summed E-state index contributed by atoms with van der Waals surface area (Å²) in [5.74, 6) is -0.0895. The maximum absolute atomic E-state index is 13.3. The number of aryl methyl sites for hydroxylation is 2. The van der Waals surface area contributed by atoms with Crippen LogP contribution in [0.5, 0.6) is 0 Å². The normalized spacial score (nSPS) is 22.2. The molecular weight excluding hydrogens is 376 g/mol. The Bertz CT molecular complexity index is 906. The zero-order chi connectivity index (χ0) is 19.0. The number of benzene rings is 1. The van der Waals surface area contributed by atoms with E-state index in [1.54, 1.807) is 16.7 Å². The summed E-state index contributed by atoms with van der Waals surface area (Å²) in [7, 11) is 0. The second kappa shape index (κ2) is 7.48. The Balaban J connectivity index is 1.51. The van der Waals surface area contributed by atoms with Crippen molar-refractivity contribution >= 4 is 40.6 Å². The standard InChI is InChI=1S/C20H22N4OS2/c1-13-11-21-12-23(13)9-6-10-24-19(25)17-16(15-7-4-3-5-8-15)14(2)27-18(17)22-20(24)26/h3-5,7-8,11-12,17-18H,6,9-10H2,1-2H3,(H,22,26). The fourth-order valence-electron chi connectivity index (χ4n) is 3.76. The maximum atomic E-state index is 13.3. The van der Waals surface area contributed by atoms with Crippen molar-refractivity contribution in [2.45, 2.75) is 32.2 Å². The van der Waals surface area contributed by atoms with E-state index < -0.39 is 0 Å². The number of allylic oxidation sites excluding steroid dienone is 1. The summed E-state index contributed by atoms with van der Waals surface area (Å²) in [5.41, 5.74) is 3.37. The van der Waals surface area contributed by atoms with Crippen molar-refractivity contribution in [2.75, 3.05) is 6.54 Å². The Labute approximate surface area is 168 Å². The van der Waals surface area contributed by atoms with Crippen LogP contribution in [0.2, 0.25) is 0 Å². The van der Waals surface area contributed by atoms with Gasteiger partial charge in [-0.1, -0.05) is 30.3 Å². The third-order valence-electron chi connectivity index (χ3n) is 5.13. The largest absolute Gasteiger partial charge is 0.349 e. The highest BCUT2D eigenvalue weighted by atomic mass is 32.2. The van der Waals surface area contributed by atoms with E-state index in [1.165, 1.54) is 4.91 Å². The zero-order valence-electron chi connectivity index (χ0n) is 15.4. The van der Waals surface area contributed by atoms with Crippen molar-refractivity contribution in [1.82, 2.24) is 19.8 Å². The monoisotopic (exact) mass is 398 g/mol. The number of carbonyl (C=O) groups excluding carboxylic acids is 1. The van der Waals surface area contributed by atoms with E-state index in [-0.39, 0.29) is 17.2 Å². The van der Waals surface area contributed by atoms with Gasteiger partial charge < -0.3 is 9.88 Å². The first-order valence-corrected chi connectivity index (χ1v) is 10.4. The van der Waals surface area contributed by atoms with Gasteiger partial charge in [0, 0.05) is 25.0 Å². The van der Waals surface area contributed by atoms with E-state index in [9.17, 15) is 4.79 Å². The van der Waals surface area contributed by atoms with E-state index in [0.717, 1.165) is 29.8 Å². The first-order valence-electron chi connectivity index (χ1n) is 9.07. The molecule has 0 aliphatic carbocycles. The molecule has 1 aromatic carbocycles. The molecule has 1 N–H and O–H groups in total. The average molecular weight is 399 g/mol. The van der Waals surface area contributed by atoms with E-state index in [0.29, 0.717) is 11.7 Å². The van der Waals surface area contributed by atoms with Crippen LogP contribution < -0.4 is 5.32 Å². The van der Waals surface area contributed by atoms with E-state index in [2.05, 4.69) is 33.9 Å². The molecule has 7 heteroatoms. The molecule has 2 aliphatic heterocycles. The van der Waals surface area contributed by atoms with Gasteiger partial charge in [-0.05, 0) is 48.5 Å². The van der Waals surface area contributed by atoms with E-state index in [1.807, 2.05) is 37.6 Å². The molecule has 5 nitrogen and oxygen atoms in total. The molecule has 0 spiro atoms. The van der Waals surface area contributed by atoms with Crippen LogP contribution in [-0.4, -0.2) is 37.4 Å². The minimum atomic E-state index is -0.195. The molecule has 0 bridgehead atoms. The lowest BCUT2D eigenvalue weighted by molar-refractivity contribution is -0.130. The predicted octanol–water partition coefficient (Wildman–Crippen LogP) is 3.42. The summed E-state index contributed by atoms with van der Waals surface area (Å²) in [6.45, 7) is 5.56. The minimum Gasteiger partial charge on any atom is -0.349 e. The Hall–Kier alpha value is -2.12. The van der Waals surface area contributed by atoms with Crippen LogP contribution in [0.25, 0.3) is 5.57 Å². The highest BCUT2D eigenvalue weighted by Gasteiger charge is 2.46. The molecule has 2 atom stereocenters. The number of imidazole rings is 1. The molecule has 1 amide bonds. The number of nitrogens with one attached hydrogen (secondary N) is 1. The molecule has 1 saturated heterocycles. The number of hydrogen-bond acceptors (Lipinski definition) is 4. The van der Waals surface area contributed by atoms with Gasteiger partial charge in [0.15, 0.2) is 5.11 Å². The fraction of sp³-hybridized carbons (Fsp3) is 0.350. The molecule has 1 fully saturated rings. The molecule has 0 saturated carbocycles. The minimum absolute atomic E-state index is 0.00708. The lowest BCUT2D eigenvalue weighted by atomic mass is 9.90. The molecule has 3 heterocycles. The lowest BCUT2D eigenvalue weighted by Gasteiger charge is -2.37. The molecule has 140 valence electrons. The average Bonchev–Trinajstić information content (AvgIpc) is 3.21. The third kappa shape index (κ3) is 3.41. The van der Waals surface area contributed by atoms with Gasteiger partial charge in [0.2, 0.25) is 5.91 Å². The number of aromatic nitrogens is 2. The Morgan fingerprint density at radius 3 is 2.70 bits per heavy atom. The predicted molar refractivity (Wildman–Crippen MR) is 113 cm³/mol. The van der Waals surface area contributed by atoms with Gasteiger partial charge >= 0.3 is 0 Å². The van der Waals surface area contributed by atoms with Crippen molar-refractivity contribution in [3.63, 3.8) is 0 Å². The molecule has 2 aromatic rings. The number of hydrogen-bond donors (Lipinski definition) is 1. The van der Waals surface area contributed by atoms with Crippen molar-refractivity contribution in [2.24, 2.45) is 5.92 Å². The highest BCUT2D eigenvalue weighted by Crippen LogP contribution is 2.47. The number of nitrogens with zero attached hydrogens (tertiary/aromatic N) is 3. The van der Waals surface area contributed by atoms with Crippen LogP contribution in [0.15, 0.2) is 47.8 Å². The van der Waals surface area contributed by atoms with Crippen molar-refractivity contribution in [1.29, 1.82) is 0 Å². The van der Waals surface area contributed by atoms with Gasteiger partial charge in [0.25, 0.3) is 0 Å². The van der Waals surface area contributed by atoms with Gasteiger partial charge in [-0.15, -0.1) is 11.8 Å². The molecular formula is C20H22N4OS2. The van der Waals surface area contributed by atoms with Crippen molar-refractivity contribution < 1.29 is 4.79 Å². The van der Waals surface area contributed by atoms with Crippen LogP contribution in [0.3, 0.4) is 0 Å². The van der Waals surface area contributed by atoms with Gasteiger partial charge in [0.1, 0.15) is 0 Å². The molecule has 0 radical (unpaired) electrons. The van der Waals surface area contributed by atoms with Crippen LogP contribution in [0.1, 0.15) is 24.6 Å². The summed E-state index contributed by atoms with van der Waals surface area (Å²) >= 11 is 7.21. The van der Waals surface area contributed by atoms with Gasteiger partial charge in [-0.3, -0.25) is 9.69 Å². The smallest absolute Gasteiger partial charge is 0.239 e. The summed E-state index contributed by atoms with van der Waals surface area (Å²) in [4.78, 5) is 20.4. The summed E-state index contributed by atoms with van der Waals surface area (Å²) in [6.07, 6.45) is 4.50. The topological polar surface area (TPSA) is 50.2 Å².